The fourth-order valence-corrected chi connectivity index (χ4v) is 5.72. The van der Waals surface area contributed by atoms with E-state index < -0.39 is 24.2 Å². The molecule has 7 rings (SSSR count). The lowest BCUT2D eigenvalue weighted by molar-refractivity contribution is -0.213. The average Bonchev–Trinajstić information content (AvgIpc) is 3.66. The number of hydrogen-bond donors (Lipinski definition) is 2. The van der Waals surface area contributed by atoms with Gasteiger partial charge in [0, 0.05) is 19.4 Å². The molecule has 1 spiro atoms. The van der Waals surface area contributed by atoms with Gasteiger partial charge in [0.15, 0.2) is 29.0 Å². The van der Waals surface area contributed by atoms with Crippen LogP contribution in [0.15, 0.2) is 67.3 Å². The highest BCUT2D eigenvalue weighted by atomic mass is 16.8. The molecule has 36 heavy (non-hydrogen) atoms. The number of fused-ring (bicyclic) bond motifs is 3. The Hall–Kier alpha value is -3.37. The van der Waals surface area contributed by atoms with Gasteiger partial charge in [-0.1, -0.05) is 54.6 Å². The van der Waals surface area contributed by atoms with E-state index in [9.17, 15) is 5.11 Å². The standard InChI is InChI=1S/C27H27N5O4/c33-14-20-22-23(36-27(35-22)12-18-8-4-5-9-19(18)13-27)26(34-20)32-16-31-21-24(29-15-30-25(21)32)28-11-10-17-6-2-1-3-7-17/h1-9,15-16,20,22-23,26,33H,10-14H2,(H,28,29,30)/t20-,22?,23?,26-/m1/s1. The first-order chi connectivity index (χ1) is 17.7. The molecule has 0 saturated carbocycles. The normalized spacial score (nSPS) is 25.9. The van der Waals surface area contributed by atoms with E-state index in [-0.39, 0.29) is 12.7 Å². The Labute approximate surface area is 208 Å². The Morgan fingerprint density at radius 1 is 0.944 bits per heavy atom. The van der Waals surface area contributed by atoms with Gasteiger partial charge in [-0.25, -0.2) is 15.0 Å². The van der Waals surface area contributed by atoms with Gasteiger partial charge in [0.25, 0.3) is 0 Å². The molecule has 4 heterocycles. The minimum absolute atomic E-state index is 0.155. The van der Waals surface area contributed by atoms with E-state index in [0.717, 1.165) is 13.0 Å². The first-order valence-electron chi connectivity index (χ1n) is 12.4. The number of rotatable bonds is 6. The summed E-state index contributed by atoms with van der Waals surface area (Å²) in [4.78, 5) is 13.5. The van der Waals surface area contributed by atoms with Crippen LogP contribution in [0.3, 0.4) is 0 Å². The second-order valence-corrected chi connectivity index (χ2v) is 9.65. The molecule has 184 valence electrons. The molecule has 4 atom stereocenters. The third kappa shape index (κ3) is 3.58. The Morgan fingerprint density at radius 3 is 2.47 bits per heavy atom. The zero-order chi connectivity index (χ0) is 24.1. The number of aliphatic hydroxyl groups excluding tert-OH is 1. The fraction of sp³-hybridized carbons (Fsp3) is 0.370. The molecule has 3 aliphatic rings. The van der Waals surface area contributed by atoms with Crippen LogP contribution in [0.5, 0.6) is 0 Å². The highest BCUT2D eigenvalue weighted by Crippen LogP contribution is 2.48. The van der Waals surface area contributed by atoms with Crippen molar-refractivity contribution in [3.8, 4) is 0 Å². The van der Waals surface area contributed by atoms with E-state index in [0.29, 0.717) is 29.8 Å². The monoisotopic (exact) mass is 485 g/mol. The molecule has 2 saturated heterocycles. The van der Waals surface area contributed by atoms with E-state index in [4.69, 9.17) is 14.2 Å². The first-order valence-corrected chi connectivity index (χ1v) is 12.4. The van der Waals surface area contributed by atoms with Gasteiger partial charge in [-0.15, -0.1) is 0 Å². The zero-order valence-electron chi connectivity index (χ0n) is 19.7. The first kappa shape index (κ1) is 21.9. The molecule has 0 radical (unpaired) electrons. The number of nitrogens with one attached hydrogen (secondary N) is 1. The van der Waals surface area contributed by atoms with Gasteiger partial charge in [-0.2, -0.15) is 0 Å². The number of imidazole rings is 1. The molecule has 2 aromatic heterocycles. The minimum Gasteiger partial charge on any atom is -0.394 e. The largest absolute Gasteiger partial charge is 0.394 e. The van der Waals surface area contributed by atoms with E-state index >= 15 is 0 Å². The summed E-state index contributed by atoms with van der Waals surface area (Å²) in [5.41, 5.74) is 5.04. The van der Waals surface area contributed by atoms with E-state index in [2.05, 4.69) is 44.5 Å². The molecule has 2 aromatic carbocycles. The van der Waals surface area contributed by atoms with Crippen LogP contribution in [0.1, 0.15) is 22.9 Å². The number of anilines is 1. The van der Waals surface area contributed by atoms with Gasteiger partial charge in [0.1, 0.15) is 24.6 Å². The van der Waals surface area contributed by atoms with Crippen LogP contribution < -0.4 is 5.32 Å². The van der Waals surface area contributed by atoms with E-state index in [1.807, 2.05) is 34.9 Å². The number of ether oxygens (including phenoxy) is 3. The third-order valence-corrected chi connectivity index (χ3v) is 7.39. The predicted molar refractivity (Wildman–Crippen MR) is 131 cm³/mol. The highest BCUT2D eigenvalue weighted by Gasteiger charge is 2.60. The van der Waals surface area contributed by atoms with Gasteiger partial charge < -0.3 is 24.6 Å². The van der Waals surface area contributed by atoms with Crippen molar-refractivity contribution in [2.45, 2.75) is 49.6 Å². The number of aliphatic hydroxyl groups is 1. The van der Waals surface area contributed by atoms with Crippen LogP contribution in [-0.2, 0) is 33.5 Å². The van der Waals surface area contributed by atoms with Crippen molar-refractivity contribution in [1.29, 1.82) is 0 Å². The summed E-state index contributed by atoms with van der Waals surface area (Å²) < 4.78 is 21.2. The topological polar surface area (TPSA) is 104 Å². The fourth-order valence-electron chi connectivity index (χ4n) is 5.72. The second kappa shape index (κ2) is 8.63. The van der Waals surface area contributed by atoms with Crippen LogP contribution in [0.4, 0.5) is 5.82 Å². The van der Waals surface area contributed by atoms with Crippen LogP contribution in [0.25, 0.3) is 11.2 Å². The summed E-state index contributed by atoms with van der Waals surface area (Å²) in [7, 11) is 0. The van der Waals surface area contributed by atoms with Crippen molar-refractivity contribution < 1.29 is 19.3 Å². The predicted octanol–water partition coefficient (Wildman–Crippen LogP) is 2.65. The zero-order valence-corrected chi connectivity index (χ0v) is 19.7. The van der Waals surface area contributed by atoms with Crippen molar-refractivity contribution in [2.24, 2.45) is 0 Å². The third-order valence-electron chi connectivity index (χ3n) is 7.39. The summed E-state index contributed by atoms with van der Waals surface area (Å²) in [6.45, 7) is 0.568. The maximum absolute atomic E-state index is 10.1. The van der Waals surface area contributed by atoms with Crippen molar-refractivity contribution in [2.75, 3.05) is 18.5 Å². The maximum Gasteiger partial charge on any atom is 0.177 e. The van der Waals surface area contributed by atoms with Gasteiger partial charge in [0.05, 0.1) is 12.9 Å². The number of nitrogens with zero attached hydrogens (tertiary/aromatic N) is 4. The summed E-state index contributed by atoms with van der Waals surface area (Å²) in [5, 5.41) is 13.5. The van der Waals surface area contributed by atoms with E-state index in [1.54, 1.807) is 6.33 Å². The molecule has 0 bridgehead atoms. The lowest BCUT2D eigenvalue weighted by Gasteiger charge is -2.27. The number of hydrogen-bond acceptors (Lipinski definition) is 8. The number of aromatic nitrogens is 4. The van der Waals surface area contributed by atoms with Crippen molar-refractivity contribution in [3.05, 3.63) is 83.9 Å². The van der Waals surface area contributed by atoms with Gasteiger partial charge in [-0.3, -0.25) is 4.57 Å². The quantitative estimate of drug-likeness (QED) is 0.430. The van der Waals surface area contributed by atoms with Crippen molar-refractivity contribution in [1.82, 2.24) is 19.5 Å². The number of benzene rings is 2. The van der Waals surface area contributed by atoms with E-state index in [1.165, 1.54) is 23.0 Å². The summed E-state index contributed by atoms with van der Waals surface area (Å²) in [6, 6.07) is 18.6. The molecule has 4 aromatic rings. The molecule has 9 nitrogen and oxygen atoms in total. The molecule has 1 aliphatic carbocycles. The molecule has 9 heteroatoms. The maximum atomic E-state index is 10.1. The van der Waals surface area contributed by atoms with Crippen molar-refractivity contribution >= 4 is 17.0 Å². The summed E-state index contributed by atoms with van der Waals surface area (Å²) >= 11 is 0. The lowest BCUT2D eigenvalue weighted by Crippen LogP contribution is -2.36. The Morgan fingerprint density at radius 2 is 1.69 bits per heavy atom. The summed E-state index contributed by atoms with van der Waals surface area (Å²) in [5.74, 6) is -0.0569. The Bertz CT molecular complexity index is 1370. The van der Waals surface area contributed by atoms with Gasteiger partial charge >= 0.3 is 0 Å². The molecule has 2 N–H and O–H groups in total. The molecule has 2 fully saturated rings. The molecule has 2 aliphatic heterocycles. The molecular weight excluding hydrogens is 458 g/mol. The van der Waals surface area contributed by atoms with Crippen molar-refractivity contribution in [3.63, 3.8) is 0 Å². The SMILES string of the molecule is OC[C@H]1O[C@@H](n2cnc3c(NCCc4ccccc4)ncnc32)C2OC3(Cc4ccccc4C3)OC21. The van der Waals surface area contributed by atoms with Crippen LogP contribution >= 0.6 is 0 Å². The van der Waals surface area contributed by atoms with Gasteiger partial charge in [-0.05, 0) is 23.1 Å². The molecular formula is C27H27N5O4. The van der Waals surface area contributed by atoms with Crippen LogP contribution in [0, 0.1) is 0 Å². The minimum atomic E-state index is -0.732. The Kier molecular flexibility index (Phi) is 5.25. The highest BCUT2D eigenvalue weighted by molar-refractivity contribution is 5.82. The van der Waals surface area contributed by atoms with Crippen LogP contribution in [-0.4, -0.2) is 61.9 Å². The molecule has 0 amide bonds. The smallest absolute Gasteiger partial charge is 0.177 e. The molecule has 2 unspecified atom stereocenters. The van der Waals surface area contributed by atoms with Crippen LogP contribution in [0.2, 0.25) is 0 Å². The average molecular weight is 486 g/mol. The Balaban J connectivity index is 1.14. The summed E-state index contributed by atoms with van der Waals surface area (Å²) in [6.07, 6.45) is 3.69. The second-order valence-electron chi connectivity index (χ2n) is 9.65. The lowest BCUT2D eigenvalue weighted by atomic mass is 10.1. The van der Waals surface area contributed by atoms with Gasteiger partial charge in [0.2, 0.25) is 0 Å².